The molecule has 94 valence electrons. The van der Waals surface area contributed by atoms with E-state index in [1.165, 1.54) is 34.9 Å². The Kier molecular flexibility index (Phi) is 4.24. The molecular weight excluding hydrogens is 345 g/mol. The summed E-state index contributed by atoms with van der Waals surface area (Å²) in [5.41, 5.74) is 1.76. The summed E-state index contributed by atoms with van der Waals surface area (Å²) < 4.78 is 1.21. The monoisotopic (exact) mass is 363 g/mol. The Morgan fingerprint density at radius 1 is 1.29 bits per heavy atom. The van der Waals surface area contributed by atoms with Crippen molar-refractivity contribution in [1.29, 1.82) is 0 Å². The van der Waals surface area contributed by atoms with Crippen LogP contribution in [0.25, 0.3) is 0 Å². The molecule has 0 aliphatic heterocycles. The van der Waals surface area contributed by atoms with Crippen LogP contribution in [0.5, 0.6) is 0 Å². The molecule has 1 aliphatic carbocycles. The second-order valence-electron chi connectivity index (χ2n) is 5.71. The maximum absolute atomic E-state index is 5.96. The average molecular weight is 364 g/mol. The van der Waals surface area contributed by atoms with Crippen LogP contribution in [0, 0.1) is 8.99 Å². The van der Waals surface area contributed by atoms with Gasteiger partial charge in [-0.15, -0.1) is 0 Å². The fraction of sp³-hybridized carbons (Fsp3) is 0.571. The summed E-state index contributed by atoms with van der Waals surface area (Å²) in [5.74, 6) is 0. The molecule has 2 rings (SSSR count). The van der Waals surface area contributed by atoms with Crippen LogP contribution in [-0.2, 0) is 0 Å². The summed E-state index contributed by atoms with van der Waals surface area (Å²) in [5, 5.41) is 4.46. The van der Waals surface area contributed by atoms with Gasteiger partial charge in [-0.3, -0.25) is 0 Å². The third kappa shape index (κ3) is 3.75. The Labute approximate surface area is 122 Å². The summed E-state index contributed by atoms with van der Waals surface area (Å²) in [6.45, 7) is 4.74. The molecule has 1 saturated carbocycles. The van der Waals surface area contributed by atoms with E-state index >= 15 is 0 Å². The highest BCUT2D eigenvalue weighted by molar-refractivity contribution is 14.1. The lowest BCUT2D eigenvalue weighted by molar-refractivity contribution is 0.232. The number of halogens is 2. The smallest absolute Gasteiger partial charge is 0.0479 e. The standard InChI is InChI=1S/C14H19ClIN/c1-14(2)7-5-11(6-8-14)17-13-4-3-10(15)9-12(13)16/h3-4,9,11,17H,5-8H2,1-2H3. The molecule has 1 N–H and O–H groups in total. The molecule has 0 saturated heterocycles. The van der Waals surface area contributed by atoms with Crippen LogP contribution in [0.4, 0.5) is 5.69 Å². The molecule has 1 aromatic rings. The van der Waals surface area contributed by atoms with Gasteiger partial charge in [0, 0.05) is 20.3 Å². The van der Waals surface area contributed by atoms with E-state index in [1.807, 2.05) is 12.1 Å². The van der Waals surface area contributed by atoms with Crippen molar-refractivity contribution in [3.05, 3.63) is 26.8 Å². The molecule has 3 heteroatoms. The van der Waals surface area contributed by atoms with E-state index in [2.05, 4.69) is 47.8 Å². The molecule has 0 bridgehead atoms. The normalized spacial score (nSPS) is 20.2. The molecule has 0 atom stereocenters. The van der Waals surface area contributed by atoms with E-state index in [4.69, 9.17) is 11.6 Å². The maximum Gasteiger partial charge on any atom is 0.0479 e. The topological polar surface area (TPSA) is 12.0 Å². The fourth-order valence-electron chi connectivity index (χ4n) is 2.37. The Bertz CT molecular complexity index is 393. The van der Waals surface area contributed by atoms with Gasteiger partial charge < -0.3 is 5.32 Å². The summed E-state index contributed by atoms with van der Waals surface area (Å²) in [4.78, 5) is 0. The fourth-order valence-corrected chi connectivity index (χ4v) is 3.40. The number of benzene rings is 1. The van der Waals surface area contributed by atoms with E-state index in [9.17, 15) is 0 Å². The Morgan fingerprint density at radius 3 is 2.53 bits per heavy atom. The van der Waals surface area contributed by atoms with Gasteiger partial charge in [0.2, 0.25) is 0 Å². The number of hydrogen-bond donors (Lipinski definition) is 1. The summed E-state index contributed by atoms with van der Waals surface area (Å²) in [7, 11) is 0. The van der Waals surface area contributed by atoms with Crippen molar-refractivity contribution in [1.82, 2.24) is 0 Å². The van der Waals surface area contributed by atoms with Crippen LogP contribution < -0.4 is 5.32 Å². The van der Waals surface area contributed by atoms with E-state index in [-0.39, 0.29) is 0 Å². The molecular formula is C14H19ClIN. The molecule has 0 heterocycles. The number of nitrogens with one attached hydrogen (secondary N) is 1. The molecule has 0 unspecified atom stereocenters. The second-order valence-corrected chi connectivity index (χ2v) is 7.31. The number of hydrogen-bond acceptors (Lipinski definition) is 1. The molecule has 0 amide bonds. The van der Waals surface area contributed by atoms with Crippen LogP contribution in [-0.4, -0.2) is 6.04 Å². The van der Waals surface area contributed by atoms with Gasteiger partial charge in [0.05, 0.1) is 0 Å². The quantitative estimate of drug-likeness (QED) is 0.701. The van der Waals surface area contributed by atoms with Crippen molar-refractivity contribution in [3.8, 4) is 0 Å². The predicted octanol–water partition coefficient (Wildman–Crippen LogP) is 5.33. The van der Waals surface area contributed by atoms with Crippen molar-refractivity contribution in [3.63, 3.8) is 0 Å². The average Bonchev–Trinajstić information content (AvgIpc) is 2.25. The molecule has 0 aromatic heterocycles. The zero-order valence-corrected chi connectivity index (χ0v) is 13.3. The minimum atomic E-state index is 0.533. The van der Waals surface area contributed by atoms with Gasteiger partial charge in [-0.25, -0.2) is 0 Å². The first-order valence-electron chi connectivity index (χ1n) is 6.18. The zero-order valence-electron chi connectivity index (χ0n) is 10.4. The largest absolute Gasteiger partial charge is 0.381 e. The lowest BCUT2D eigenvalue weighted by Gasteiger charge is -2.35. The maximum atomic E-state index is 5.96. The molecule has 0 radical (unpaired) electrons. The second kappa shape index (κ2) is 5.35. The molecule has 1 nitrogen and oxygen atoms in total. The number of anilines is 1. The SMILES string of the molecule is CC1(C)CCC(Nc2ccc(Cl)cc2I)CC1. The Balaban J connectivity index is 1.98. The number of rotatable bonds is 2. The van der Waals surface area contributed by atoms with Crippen molar-refractivity contribution in [2.45, 2.75) is 45.6 Å². The molecule has 17 heavy (non-hydrogen) atoms. The molecule has 1 aliphatic rings. The van der Waals surface area contributed by atoms with E-state index in [1.54, 1.807) is 0 Å². The third-order valence-corrected chi connectivity index (χ3v) is 4.76. The van der Waals surface area contributed by atoms with Gasteiger partial charge in [0.15, 0.2) is 0 Å². The first-order chi connectivity index (χ1) is 7.96. The Morgan fingerprint density at radius 2 is 1.94 bits per heavy atom. The zero-order chi connectivity index (χ0) is 12.5. The third-order valence-electron chi connectivity index (χ3n) is 3.63. The van der Waals surface area contributed by atoms with Crippen LogP contribution in [0.3, 0.4) is 0 Å². The van der Waals surface area contributed by atoms with Gasteiger partial charge in [0.25, 0.3) is 0 Å². The van der Waals surface area contributed by atoms with E-state index < -0.39 is 0 Å². The van der Waals surface area contributed by atoms with Crippen LogP contribution in [0.15, 0.2) is 18.2 Å². The predicted molar refractivity (Wildman–Crippen MR) is 83.8 cm³/mol. The minimum absolute atomic E-state index is 0.533. The van der Waals surface area contributed by atoms with E-state index in [0.717, 1.165) is 5.02 Å². The molecule has 0 spiro atoms. The van der Waals surface area contributed by atoms with E-state index in [0.29, 0.717) is 11.5 Å². The van der Waals surface area contributed by atoms with Gasteiger partial charge in [-0.05, 0) is 71.9 Å². The lowest BCUT2D eigenvalue weighted by atomic mass is 9.75. The van der Waals surface area contributed by atoms with Gasteiger partial charge in [0.1, 0.15) is 0 Å². The van der Waals surface area contributed by atoms with Gasteiger partial charge in [-0.1, -0.05) is 25.4 Å². The first kappa shape index (κ1) is 13.5. The highest BCUT2D eigenvalue weighted by Crippen LogP contribution is 2.36. The lowest BCUT2D eigenvalue weighted by Crippen LogP contribution is -2.30. The van der Waals surface area contributed by atoms with Crippen molar-refractivity contribution >= 4 is 39.9 Å². The van der Waals surface area contributed by atoms with Crippen LogP contribution in [0.2, 0.25) is 5.02 Å². The van der Waals surface area contributed by atoms with Crippen LogP contribution in [0.1, 0.15) is 39.5 Å². The van der Waals surface area contributed by atoms with Crippen LogP contribution >= 0.6 is 34.2 Å². The van der Waals surface area contributed by atoms with Crippen molar-refractivity contribution in [2.75, 3.05) is 5.32 Å². The Hall–Kier alpha value is 0.0400. The van der Waals surface area contributed by atoms with Crippen molar-refractivity contribution < 1.29 is 0 Å². The minimum Gasteiger partial charge on any atom is -0.381 e. The molecule has 1 fully saturated rings. The van der Waals surface area contributed by atoms with Gasteiger partial charge in [-0.2, -0.15) is 0 Å². The summed E-state index contributed by atoms with van der Waals surface area (Å²) in [6, 6.07) is 6.68. The van der Waals surface area contributed by atoms with Gasteiger partial charge >= 0.3 is 0 Å². The highest BCUT2D eigenvalue weighted by Gasteiger charge is 2.26. The molecule has 1 aromatic carbocycles. The summed E-state index contributed by atoms with van der Waals surface area (Å²) in [6.07, 6.45) is 5.17. The highest BCUT2D eigenvalue weighted by atomic mass is 127. The van der Waals surface area contributed by atoms with Crippen molar-refractivity contribution in [2.24, 2.45) is 5.41 Å². The first-order valence-corrected chi connectivity index (χ1v) is 7.63. The summed E-state index contributed by atoms with van der Waals surface area (Å²) >= 11 is 8.31.